The Morgan fingerprint density at radius 1 is 0.943 bits per heavy atom. The molecule has 4 amide bonds. The number of amides is 4. The largest absolute Gasteiger partial charge is 0.418 e. The van der Waals surface area contributed by atoms with Crippen LogP contribution in [0.25, 0.3) is 10.9 Å². The molecular formula is C36H43F4N9O4. The van der Waals surface area contributed by atoms with E-state index in [9.17, 15) is 36.7 Å². The fourth-order valence-electron chi connectivity index (χ4n) is 6.63. The summed E-state index contributed by atoms with van der Waals surface area (Å²) in [4.78, 5) is 58.5. The third-order valence-electron chi connectivity index (χ3n) is 10.1. The lowest BCUT2D eigenvalue weighted by atomic mass is 9.78. The first kappa shape index (κ1) is 38.9. The Hall–Kier alpha value is -5.35. The molecule has 4 aromatic rings. The maximum atomic E-state index is 14.6. The van der Waals surface area contributed by atoms with Crippen molar-refractivity contribution in [1.29, 1.82) is 0 Å². The molecule has 0 fully saturated rings. The number of hydrogen-bond donors (Lipinski definition) is 6. The number of aromatic amines is 2. The Labute approximate surface area is 302 Å². The second-order valence-electron chi connectivity index (χ2n) is 13.6. The van der Waals surface area contributed by atoms with E-state index in [1.54, 1.807) is 19.9 Å². The fraction of sp³-hybridized carbons (Fsp3) is 0.472. The summed E-state index contributed by atoms with van der Waals surface area (Å²) in [5, 5.41) is 24.8. The van der Waals surface area contributed by atoms with Crippen LogP contribution >= 0.6 is 0 Å². The number of alkyl halides is 3. The van der Waals surface area contributed by atoms with Crippen LogP contribution in [0.1, 0.15) is 75.2 Å². The number of aromatic nitrogens is 5. The number of nitrogens with one attached hydrogen (secondary N) is 6. The van der Waals surface area contributed by atoms with E-state index in [2.05, 4.69) is 46.9 Å². The van der Waals surface area contributed by atoms with Crippen molar-refractivity contribution < 1.29 is 36.7 Å². The van der Waals surface area contributed by atoms with Crippen LogP contribution in [0.4, 0.5) is 17.6 Å². The highest BCUT2D eigenvalue weighted by atomic mass is 19.4. The van der Waals surface area contributed by atoms with Gasteiger partial charge in [-0.25, -0.2) is 4.39 Å². The topological polar surface area (TPSA) is 187 Å². The third-order valence-corrected chi connectivity index (χ3v) is 10.1. The molecule has 0 spiro atoms. The van der Waals surface area contributed by atoms with Crippen LogP contribution < -0.4 is 21.3 Å². The van der Waals surface area contributed by atoms with E-state index < -0.39 is 64.7 Å². The normalized spacial score (nSPS) is 18.0. The molecule has 0 saturated carbocycles. The Balaban J connectivity index is 1.49. The Kier molecular flexibility index (Phi) is 11.8. The van der Waals surface area contributed by atoms with Gasteiger partial charge in [0.1, 0.15) is 23.4 Å². The molecule has 0 radical (unpaired) electrons. The summed E-state index contributed by atoms with van der Waals surface area (Å²) in [5.74, 6) is -3.79. The van der Waals surface area contributed by atoms with E-state index in [1.165, 1.54) is 30.3 Å². The van der Waals surface area contributed by atoms with Gasteiger partial charge in [0, 0.05) is 17.5 Å². The maximum Gasteiger partial charge on any atom is 0.418 e. The molecule has 0 bridgehead atoms. The molecule has 5 atom stereocenters. The smallest absolute Gasteiger partial charge is 0.358 e. The molecule has 1 aliphatic rings. The number of tetrazole rings is 1. The van der Waals surface area contributed by atoms with E-state index >= 15 is 0 Å². The zero-order valence-corrected chi connectivity index (χ0v) is 29.8. The molecule has 2 aromatic heterocycles. The third kappa shape index (κ3) is 8.66. The van der Waals surface area contributed by atoms with Crippen molar-refractivity contribution >= 4 is 34.5 Å². The maximum absolute atomic E-state index is 14.6. The van der Waals surface area contributed by atoms with Gasteiger partial charge in [-0.2, -0.15) is 18.4 Å². The van der Waals surface area contributed by atoms with Crippen molar-refractivity contribution in [2.75, 3.05) is 0 Å². The van der Waals surface area contributed by atoms with E-state index in [4.69, 9.17) is 0 Å². The van der Waals surface area contributed by atoms with E-state index in [0.717, 1.165) is 6.07 Å². The monoisotopic (exact) mass is 741 g/mol. The number of nitrogens with zero attached hydrogens (tertiary/aromatic N) is 3. The summed E-state index contributed by atoms with van der Waals surface area (Å²) >= 11 is 0. The van der Waals surface area contributed by atoms with Gasteiger partial charge in [-0.15, -0.1) is 10.2 Å². The van der Waals surface area contributed by atoms with Crippen molar-refractivity contribution in [3.05, 3.63) is 76.5 Å². The molecule has 1 aliphatic carbocycles. The van der Waals surface area contributed by atoms with Crippen LogP contribution in [0.2, 0.25) is 0 Å². The molecule has 17 heteroatoms. The molecule has 5 rings (SSSR count). The highest BCUT2D eigenvalue weighted by Crippen LogP contribution is 2.40. The number of carbonyl (C=O) groups excluding carboxylic acids is 4. The van der Waals surface area contributed by atoms with Gasteiger partial charge >= 0.3 is 6.18 Å². The average Bonchev–Trinajstić information content (AvgIpc) is 3.79. The van der Waals surface area contributed by atoms with Crippen LogP contribution in [-0.4, -0.2) is 66.9 Å². The first-order chi connectivity index (χ1) is 25.2. The molecule has 6 N–H and O–H groups in total. The number of carbonyl (C=O) groups is 4. The van der Waals surface area contributed by atoms with Crippen molar-refractivity contribution in [1.82, 2.24) is 46.9 Å². The van der Waals surface area contributed by atoms with Gasteiger partial charge in [-0.1, -0.05) is 76.1 Å². The minimum Gasteiger partial charge on any atom is -0.358 e. The number of fused-ring (bicyclic) bond motifs is 3. The lowest BCUT2D eigenvalue weighted by Crippen LogP contribution is -2.67. The predicted octanol–water partition coefficient (Wildman–Crippen LogP) is 3.80. The quantitative estimate of drug-likeness (QED) is 0.106. The first-order valence-electron chi connectivity index (χ1n) is 17.5. The van der Waals surface area contributed by atoms with Gasteiger partial charge < -0.3 is 26.3 Å². The number of hydrogen-bond acceptors (Lipinski definition) is 7. The van der Waals surface area contributed by atoms with Crippen LogP contribution in [0.15, 0.2) is 42.5 Å². The summed E-state index contributed by atoms with van der Waals surface area (Å²) in [6.45, 7) is 7.09. The molecule has 2 unspecified atom stereocenters. The van der Waals surface area contributed by atoms with Crippen molar-refractivity contribution in [2.24, 2.45) is 11.8 Å². The van der Waals surface area contributed by atoms with Gasteiger partial charge in [0.25, 0.3) is 0 Å². The minimum atomic E-state index is -4.65. The SMILES string of the molecule is CCC(C)[C@H](NC(=O)Cc1ccccc1F)C(=O)N[C@]1(C(=O)N[C@H](C(=O)NCc2nn[nH]n2)C(C)CC)CCc2[nH]c3c(C(F)(F)F)cccc3c2C1. The van der Waals surface area contributed by atoms with Crippen molar-refractivity contribution in [3.8, 4) is 0 Å². The lowest BCUT2D eigenvalue weighted by molar-refractivity contribution is -0.139. The predicted molar refractivity (Wildman–Crippen MR) is 185 cm³/mol. The number of halogens is 4. The summed E-state index contributed by atoms with van der Waals surface area (Å²) in [5.41, 5.74) is -1.72. The van der Waals surface area contributed by atoms with Gasteiger partial charge in [0.15, 0.2) is 5.82 Å². The molecule has 0 saturated heterocycles. The summed E-state index contributed by atoms with van der Waals surface area (Å²) in [6, 6.07) is 7.30. The second-order valence-corrected chi connectivity index (χ2v) is 13.6. The Morgan fingerprint density at radius 2 is 1.64 bits per heavy atom. The number of para-hydroxylation sites is 1. The molecule has 13 nitrogen and oxygen atoms in total. The summed E-state index contributed by atoms with van der Waals surface area (Å²) in [6.07, 6.45) is -4.24. The van der Waals surface area contributed by atoms with Gasteiger partial charge in [0.05, 0.1) is 24.0 Å². The van der Waals surface area contributed by atoms with E-state index in [0.29, 0.717) is 24.1 Å². The van der Waals surface area contributed by atoms with Crippen LogP contribution in [0.5, 0.6) is 0 Å². The fourth-order valence-corrected chi connectivity index (χ4v) is 6.63. The van der Waals surface area contributed by atoms with E-state index in [-0.39, 0.29) is 60.4 Å². The summed E-state index contributed by atoms with van der Waals surface area (Å²) in [7, 11) is 0. The molecule has 0 aliphatic heterocycles. The highest BCUT2D eigenvalue weighted by Gasteiger charge is 2.47. The highest BCUT2D eigenvalue weighted by molar-refractivity contribution is 5.98. The number of aryl methyl sites for hydroxylation is 1. The number of H-pyrrole nitrogens is 2. The Morgan fingerprint density at radius 3 is 2.28 bits per heavy atom. The molecule has 2 aromatic carbocycles. The molecule has 284 valence electrons. The zero-order chi connectivity index (χ0) is 38.5. The van der Waals surface area contributed by atoms with Crippen LogP contribution in [0.3, 0.4) is 0 Å². The van der Waals surface area contributed by atoms with Crippen molar-refractivity contribution in [2.45, 2.75) is 96.6 Å². The average molecular weight is 742 g/mol. The van der Waals surface area contributed by atoms with Crippen LogP contribution in [0, 0.1) is 17.7 Å². The van der Waals surface area contributed by atoms with Gasteiger partial charge in [-0.3, -0.25) is 19.2 Å². The van der Waals surface area contributed by atoms with Crippen LogP contribution in [-0.2, 0) is 51.2 Å². The van der Waals surface area contributed by atoms with Gasteiger partial charge in [0.2, 0.25) is 23.6 Å². The summed E-state index contributed by atoms with van der Waals surface area (Å²) < 4.78 is 56.5. The Bertz CT molecular complexity index is 1950. The lowest BCUT2D eigenvalue weighted by Gasteiger charge is -2.39. The van der Waals surface area contributed by atoms with Crippen molar-refractivity contribution in [3.63, 3.8) is 0 Å². The molecule has 53 heavy (non-hydrogen) atoms. The first-order valence-corrected chi connectivity index (χ1v) is 17.5. The standard InChI is InChI=1S/C36H43F4N9O4/c1-5-19(3)29(32(51)41-18-27-46-48-49-47-27)44-34(53)35(15-14-26-23(17-35)22-11-9-12-24(31(22)42-26)36(38,39)40)45-33(52)30(20(4)6-2)43-28(50)16-21-10-7-8-13-25(21)37/h7-13,19-20,29-30,42H,5-6,14-18H2,1-4H3,(H,41,51)(H,43,50)(H,44,53)(H,45,52)(H,46,47,48,49)/t19?,20?,29-,30-,35+/m0/s1. The minimum absolute atomic E-state index is 0.0418. The zero-order valence-electron chi connectivity index (χ0n) is 29.8. The second kappa shape index (κ2) is 16.1. The number of benzene rings is 2. The molecular weight excluding hydrogens is 698 g/mol. The van der Waals surface area contributed by atoms with E-state index in [1.807, 2.05) is 13.8 Å². The molecule has 2 heterocycles. The number of rotatable bonds is 14. The van der Waals surface area contributed by atoms with Gasteiger partial charge in [-0.05, 0) is 47.9 Å².